The Labute approximate surface area is 65.2 Å². The molecule has 1 heterocycles. The van der Waals surface area contributed by atoms with Crippen molar-refractivity contribution in [2.45, 2.75) is 13.0 Å². The van der Waals surface area contributed by atoms with Crippen LogP contribution in [0.4, 0.5) is 0 Å². The van der Waals surface area contributed by atoms with E-state index in [0.29, 0.717) is 5.69 Å². The molecule has 0 aliphatic carbocycles. The zero-order chi connectivity index (χ0) is 8.43. The van der Waals surface area contributed by atoms with Crippen molar-refractivity contribution in [3.05, 3.63) is 17.5 Å². The Balaban J connectivity index is 3.19. The second kappa shape index (κ2) is 2.72. The van der Waals surface area contributed by atoms with Gasteiger partial charge < -0.3 is 5.73 Å². The third kappa shape index (κ3) is 1.23. The lowest BCUT2D eigenvalue weighted by molar-refractivity contribution is 0.748. The molecule has 58 valence electrons. The first-order valence-corrected chi connectivity index (χ1v) is 3.34. The quantitative estimate of drug-likeness (QED) is 0.626. The van der Waals surface area contributed by atoms with E-state index in [9.17, 15) is 0 Å². The van der Waals surface area contributed by atoms with Crippen LogP contribution in [0.3, 0.4) is 0 Å². The third-order valence-electron chi connectivity index (χ3n) is 1.56. The van der Waals surface area contributed by atoms with E-state index in [1.54, 1.807) is 13.2 Å². The van der Waals surface area contributed by atoms with Crippen molar-refractivity contribution >= 4 is 0 Å². The first kappa shape index (κ1) is 7.76. The Bertz CT molecular complexity index is 292. The molecule has 0 bridgehead atoms. The van der Waals surface area contributed by atoms with Gasteiger partial charge in [-0.1, -0.05) is 0 Å². The topological polar surface area (TPSA) is 67.6 Å². The maximum absolute atomic E-state index is 8.67. The molecule has 0 saturated carbocycles. The maximum atomic E-state index is 8.67. The van der Waals surface area contributed by atoms with E-state index in [1.807, 2.05) is 13.0 Å². The lowest BCUT2D eigenvalue weighted by atomic mass is 10.1. The van der Waals surface area contributed by atoms with Gasteiger partial charge in [0.05, 0.1) is 6.20 Å². The van der Waals surface area contributed by atoms with Crippen LogP contribution in [0.25, 0.3) is 0 Å². The summed E-state index contributed by atoms with van der Waals surface area (Å²) >= 11 is 0. The summed E-state index contributed by atoms with van der Waals surface area (Å²) in [5, 5.41) is 12.6. The molecule has 0 radical (unpaired) electrons. The highest BCUT2D eigenvalue weighted by Gasteiger charge is 2.10. The Morgan fingerprint density at radius 1 is 1.82 bits per heavy atom. The average molecular weight is 150 g/mol. The standard InChI is InChI=1S/C7H10N4/c1-5(9)6-4-10-11(2)7(6)3-8/h4-5H,9H2,1-2H3/t5-/m1/s1. The zero-order valence-corrected chi connectivity index (χ0v) is 6.57. The summed E-state index contributed by atoms with van der Waals surface area (Å²) in [5.74, 6) is 0. The molecule has 0 spiro atoms. The molecule has 0 amide bonds. The highest BCUT2D eigenvalue weighted by Crippen LogP contribution is 2.12. The first-order chi connectivity index (χ1) is 5.16. The average Bonchev–Trinajstić information content (AvgIpc) is 2.30. The second-order valence-corrected chi connectivity index (χ2v) is 2.47. The van der Waals surface area contributed by atoms with Crippen LogP contribution in [0.5, 0.6) is 0 Å². The van der Waals surface area contributed by atoms with Crippen LogP contribution in [-0.2, 0) is 7.05 Å². The minimum absolute atomic E-state index is 0.127. The predicted octanol–water partition coefficient (Wildman–Crippen LogP) is 0.311. The molecule has 0 aliphatic rings. The molecule has 0 fully saturated rings. The minimum Gasteiger partial charge on any atom is -0.324 e. The maximum Gasteiger partial charge on any atom is 0.142 e. The number of hydrogen-bond acceptors (Lipinski definition) is 3. The van der Waals surface area contributed by atoms with Crippen molar-refractivity contribution in [1.29, 1.82) is 5.26 Å². The van der Waals surface area contributed by atoms with Gasteiger partial charge in [0.25, 0.3) is 0 Å². The Morgan fingerprint density at radius 3 is 2.82 bits per heavy atom. The molecule has 11 heavy (non-hydrogen) atoms. The summed E-state index contributed by atoms with van der Waals surface area (Å²) in [6.45, 7) is 1.83. The smallest absolute Gasteiger partial charge is 0.142 e. The van der Waals surface area contributed by atoms with Crippen molar-refractivity contribution < 1.29 is 0 Å². The molecule has 0 unspecified atom stereocenters. The van der Waals surface area contributed by atoms with Crippen LogP contribution >= 0.6 is 0 Å². The molecule has 1 aromatic heterocycles. The monoisotopic (exact) mass is 150 g/mol. The Kier molecular flexibility index (Phi) is 1.92. The van der Waals surface area contributed by atoms with E-state index in [4.69, 9.17) is 11.0 Å². The van der Waals surface area contributed by atoms with Crippen LogP contribution < -0.4 is 5.73 Å². The number of aromatic nitrogens is 2. The van der Waals surface area contributed by atoms with Crippen LogP contribution in [0.15, 0.2) is 6.20 Å². The third-order valence-corrected chi connectivity index (χ3v) is 1.56. The van der Waals surface area contributed by atoms with Crippen LogP contribution in [0.2, 0.25) is 0 Å². The molecule has 4 heteroatoms. The minimum atomic E-state index is -0.127. The highest BCUT2D eigenvalue weighted by atomic mass is 15.3. The van der Waals surface area contributed by atoms with Crippen LogP contribution in [0, 0.1) is 11.3 Å². The summed E-state index contributed by atoms with van der Waals surface area (Å²) in [5.41, 5.74) is 6.94. The normalized spacial score (nSPS) is 12.5. The molecular formula is C7H10N4. The molecule has 0 aromatic carbocycles. The number of nitriles is 1. The highest BCUT2D eigenvalue weighted by molar-refractivity contribution is 5.31. The molecule has 1 atom stereocenters. The molecule has 2 N–H and O–H groups in total. The van der Waals surface area contributed by atoms with Gasteiger partial charge in [-0.25, -0.2) is 0 Å². The molecule has 1 aromatic rings. The Hall–Kier alpha value is -1.34. The van der Waals surface area contributed by atoms with Gasteiger partial charge >= 0.3 is 0 Å². The zero-order valence-electron chi connectivity index (χ0n) is 6.57. The molecule has 0 saturated heterocycles. The largest absolute Gasteiger partial charge is 0.324 e. The summed E-state index contributed by atoms with van der Waals surface area (Å²) < 4.78 is 1.53. The first-order valence-electron chi connectivity index (χ1n) is 3.34. The molecule has 0 aliphatic heterocycles. The predicted molar refractivity (Wildman–Crippen MR) is 40.5 cm³/mol. The summed E-state index contributed by atoms with van der Waals surface area (Å²) in [6, 6.07) is 1.92. The fourth-order valence-electron chi connectivity index (χ4n) is 0.925. The van der Waals surface area contributed by atoms with Crippen LogP contribution in [0.1, 0.15) is 24.2 Å². The van der Waals surface area contributed by atoms with Crippen molar-refractivity contribution in [3.8, 4) is 6.07 Å². The number of rotatable bonds is 1. The fourth-order valence-corrected chi connectivity index (χ4v) is 0.925. The van der Waals surface area contributed by atoms with Gasteiger partial charge in [-0.05, 0) is 6.92 Å². The SMILES string of the molecule is C[C@@H](N)c1cnn(C)c1C#N. The van der Waals surface area contributed by atoms with Gasteiger partial charge in [0.15, 0.2) is 0 Å². The van der Waals surface area contributed by atoms with Crippen LogP contribution in [-0.4, -0.2) is 9.78 Å². The van der Waals surface area contributed by atoms with Crippen molar-refractivity contribution in [3.63, 3.8) is 0 Å². The Morgan fingerprint density at radius 2 is 2.45 bits per heavy atom. The van der Waals surface area contributed by atoms with Gasteiger partial charge in [-0.15, -0.1) is 0 Å². The van der Waals surface area contributed by atoms with E-state index in [-0.39, 0.29) is 6.04 Å². The van der Waals surface area contributed by atoms with Crippen molar-refractivity contribution in [2.75, 3.05) is 0 Å². The summed E-state index contributed by atoms with van der Waals surface area (Å²) in [7, 11) is 1.73. The molecule has 4 nitrogen and oxygen atoms in total. The summed E-state index contributed by atoms with van der Waals surface area (Å²) in [6.07, 6.45) is 1.63. The van der Waals surface area contributed by atoms with E-state index < -0.39 is 0 Å². The van der Waals surface area contributed by atoms with Crippen molar-refractivity contribution in [2.24, 2.45) is 12.8 Å². The number of aryl methyl sites for hydroxylation is 1. The number of nitrogens with two attached hydrogens (primary N) is 1. The van der Waals surface area contributed by atoms with Gasteiger partial charge in [0, 0.05) is 18.7 Å². The number of hydrogen-bond donors (Lipinski definition) is 1. The van der Waals surface area contributed by atoms with Gasteiger partial charge in [0.1, 0.15) is 11.8 Å². The number of nitrogens with zero attached hydrogens (tertiary/aromatic N) is 3. The van der Waals surface area contributed by atoms with E-state index in [0.717, 1.165) is 5.56 Å². The fraction of sp³-hybridized carbons (Fsp3) is 0.429. The summed E-state index contributed by atoms with van der Waals surface area (Å²) in [4.78, 5) is 0. The van der Waals surface area contributed by atoms with Gasteiger partial charge in [0.2, 0.25) is 0 Å². The van der Waals surface area contributed by atoms with E-state index in [1.165, 1.54) is 4.68 Å². The van der Waals surface area contributed by atoms with E-state index >= 15 is 0 Å². The molecule has 1 rings (SSSR count). The van der Waals surface area contributed by atoms with Crippen molar-refractivity contribution in [1.82, 2.24) is 9.78 Å². The van der Waals surface area contributed by atoms with E-state index in [2.05, 4.69) is 5.10 Å². The molecular weight excluding hydrogens is 140 g/mol. The lowest BCUT2D eigenvalue weighted by Gasteiger charge is -2.00. The van der Waals surface area contributed by atoms with Gasteiger partial charge in [-0.2, -0.15) is 10.4 Å². The second-order valence-electron chi connectivity index (χ2n) is 2.47. The van der Waals surface area contributed by atoms with Gasteiger partial charge in [-0.3, -0.25) is 4.68 Å². The lowest BCUT2D eigenvalue weighted by Crippen LogP contribution is -2.06.